The molecule has 4 heteroatoms. The summed E-state index contributed by atoms with van der Waals surface area (Å²) in [4.78, 5) is 11.1. The van der Waals surface area contributed by atoms with E-state index >= 15 is 0 Å². The summed E-state index contributed by atoms with van der Waals surface area (Å²) in [5.74, 6) is -0.257. The van der Waals surface area contributed by atoms with E-state index in [2.05, 4.69) is 39.1 Å². The fourth-order valence-corrected chi connectivity index (χ4v) is 1.81. The molecule has 0 aromatic carbocycles. The van der Waals surface area contributed by atoms with Gasteiger partial charge in [0, 0.05) is 0 Å². The summed E-state index contributed by atoms with van der Waals surface area (Å²) in [5.41, 5.74) is -0.415. The zero-order valence-corrected chi connectivity index (χ0v) is 12.4. The van der Waals surface area contributed by atoms with E-state index in [1.54, 1.807) is 0 Å². The van der Waals surface area contributed by atoms with Crippen LogP contribution in [-0.4, -0.2) is 15.2 Å². The van der Waals surface area contributed by atoms with Crippen molar-refractivity contribution >= 4 is 31.2 Å². The van der Waals surface area contributed by atoms with Crippen molar-refractivity contribution in [3.8, 4) is 0 Å². The molecule has 0 amide bonds. The second kappa shape index (κ2) is 6.20. The van der Waals surface area contributed by atoms with Gasteiger partial charge >= 0.3 is 5.97 Å². The Morgan fingerprint density at radius 1 is 1.25 bits per heavy atom. The monoisotopic (exact) mass is 264 g/mol. The van der Waals surface area contributed by atoms with Crippen molar-refractivity contribution in [1.29, 1.82) is 0 Å². The van der Waals surface area contributed by atoms with Crippen molar-refractivity contribution in [1.82, 2.24) is 0 Å². The van der Waals surface area contributed by atoms with Crippen molar-refractivity contribution in [2.45, 2.75) is 57.5 Å². The molecule has 0 saturated heterocycles. The molecule has 0 unspecified atom stereocenters. The fraction of sp³-hybridized carbons (Fsp3) is 0.917. The molecule has 0 heterocycles. The molecule has 0 spiro atoms. The summed E-state index contributed by atoms with van der Waals surface area (Å²) in [6, 6.07) is 0. The van der Waals surface area contributed by atoms with Crippen molar-refractivity contribution < 1.29 is 9.90 Å². The highest BCUT2D eigenvalue weighted by Crippen LogP contribution is 2.43. The first kappa shape index (κ1) is 16.2. The van der Waals surface area contributed by atoms with E-state index in [1.807, 2.05) is 13.8 Å². The minimum Gasteiger partial charge on any atom is -0.480 e. The van der Waals surface area contributed by atoms with Gasteiger partial charge in [0.05, 0.1) is 0 Å². The third-order valence-electron chi connectivity index (χ3n) is 3.08. The van der Waals surface area contributed by atoms with Crippen LogP contribution in [0, 0.1) is 11.3 Å². The van der Waals surface area contributed by atoms with E-state index in [9.17, 15) is 4.79 Å². The molecule has 0 fully saturated rings. The molecule has 0 radical (unpaired) electrons. The van der Waals surface area contributed by atoms with Gasteiger partial charge in [-0.2, -0.15) is 0 Å². The number of carboxylic acids is 1. The van der Waals surface area contributed by atoms with E-state index < -0.39 is 15.5 Å². The van der Waals surface area contributed by atoms with Crippen LogP contribution in [0.15, 0.2) is 0 Å². The highest BCUT2D eigenvalue weighted by Gasteiger charge is 2.45. The Morgan fingerprint density at radius 3 is 2.12 bits per heavy atom. The average Bonchev–Trinajstić information content (AvgIpc) is 2.11. The van der Waals surface area contributed by atoms with Crippen LogP contribution >= 0.6 is 25.3 Å². The van der Waals surface area contributed by atoms with Gasteiger partial charge in [0.15, 0.2) is 4.08 Å². The summed E-state index contributed by atoms with van der Waals surface area (Å²) in [5, 5.41) is 9.07. The first-order valence-corrected chi connectivity index (χ1v) is 6.69. The summed E-state index contributed by atoms with van der Waals surface area (Å²) < 4.78 is -1.26. The standard InChI is InChI=1S/C12H24O2S2/c1-9(2)7-5-6-8-11(3,4)12(15,16)10(13)14/h9,15-16H,5-8H2,1-4H3,(H,13,14). The average molecular weight is 264 g/mol. The first-order valence-electron chi connectivity index (χ1n) is 5.79. The molecule has 96 valence electrons. The highest BCUT2D eigenvalue weighted by atomic mass is 32.2. The van der Waals surface area contributed by atoms with Crippen LogP contribution in [0.25, 0.3) is 0 Å². The van der Waals surface area contributed by atoms with Gasteiger partial charge in [0.2, 0.25) is 0 Å². The molecule has 16 heavy (non-hydrogen) atoms. The number of thiol groups is 2. The number of carbonyl (C=O) groups is 1. The van der Waals surface area contributed by atoms with Gasteiger partial charge in [-0.25, -0.2) is 4.79 Å². The molecule has 2 nitrogen and oxygen atoms in total. The molecule has 0 bridgehead atoms. The second-order valence-corrected chi connectivity index (χ2v) is 7.20. The summed E-state index contributed by atoms with van der Waals surface area (Å²) >= 11 is 8.34. The highest BCUT2D eigenvalue weighted by molar-refractivity contribution is 8.02. The number of aliphatic carboxylic acids is 1. The molecule has 0 rings (SSSR count). The van der Waals surface area contributed by atoms with Crippen LogP contribution < -0.4 is 0 Å². The van der Waals surface area contributed by atoms with Crippen LogP contribution in [0.2, 0.25) is 0 Å². The normalized spacial score (nSPS) is 13.2. The molecule has 0 aromatic rings. The summed E-state index contributed by atoms with van der Waals surface area (Å²) in [6.07, 6.45) is 4.19. The van der Waals surface area contributed by atoms with Gasteiger partial charge in [-0.3, -0.25) is 0 Å². The lowest BCUT2D eigenvalue weighted by atomic mass is 9.82. The first-order chi connectivity index (χ1) is 7.11. The number of unbranched alkanes of at least 4 members (excludes halogenated alkanes) is 1. The SMILES string of the molecule is CC(C)CCCCC(C)(C)C(S)(S)C(=O)O. The van der Waals surface area contributed by atoms with Crippen LogP contribution in [0.4, 0.5) is 0 Å². The van der Waals surface area contributed by atoms with E-state index in [0.717, 1.165) is 19.3 Å². The molecule has 0 aliphatic rings. The number of hydrogen-bond acceptors (Lipinski definition) is 3. The lowest BCUT2D eigenvalue weighted by molar-refractivity contribution is -0.139. The maximum atomic E-state index is 11.1. The Balaban J connectivity index is 4.19. The van der Waals surface area contributed by atoms with Crippen molar-refractivity contribution in [2.24, 2.45) is 11.3 Å². The zero-order valence-electron chi connectivity index (χ0n) is 10.7. The topological polar surface area (TPSA) is 37.3 Å². The van der Waals surface area contributed by atoms with E-state index in [1.165, 1.54) is 6.42 Å². The van der Waals surface area contributed by atoms with Crippen LogP contribution in [0.1, 0.15) is 53.4 Å². The van der Waals surface area contributed by atoms with E-state index in [0.29, 0.717) is 5.92 Å². The largest absolute Gasteiger partial charge is 0.480 e. The zero-order chi connectivity index (χ0) is 13.0. The van der Waals surface area contributed by atoms with Crippen molar-refractivity contribution in [2.75, 3.05) is 0 Å². The van der Waals surface area contributed by atoms with Crippen LogP contribution in [-0.2, 0) is 4.79 Å². The molecule has 0 atom stereocenters. The van der Waals surface area contributed by atoms with Gasteiger partial charge in [0.1, 0.15) is 0 Å². The van der Waals surface area contributed by atoms with Crippen LogP contribution in [0.3, 0.4) is 0 Å². The summed E-state index contributed by atoms with van der Waals surface area (Å²) in [7, 11) is 0. The minimum absolute atomic E-state index is 0.415. The van der Waals surface area contributed by atoms with Crippen molar-refractivity contribution in [3.05, 3.63) is 0 Å². The lowest BCUT2D eigenvalue weighted by Crippen LogP contribution is -2.41. The number of hydrogen-bond donors (Lipinski definition) is 3. The minimum atomic E-state index is -1.26. The Hall–Kier alpha value is 0.170. The predicted octanol–water partition coefficient (Wildman–Crippen LogP) is 3.87. The molecular formula is C12H24O2S2. The quantitative estimate of drug-likeness (QED) is 0.371. The fourth-order valence-electron chi connectivity index (χ4n) is 1.58. The number of carboxylic acid groups (broad SMARTS) is 1. The maximum absolute atomic E-state index is 11.1. The van der Waals surface area contributed by atoms with Gasteiger partial charge < -0.3 is 5.11 Å². The lowest BCUT2D eigenvalue weighted by Gasteiger charge is -2.36. The Labute approximate surface area is 110 Å². The van der Waals surface area contributed by atoms with Gasteiger partial charge in [-0.1, -0.05) is 47.0 Å². The molecule has 0 aliphatic heterocycles. The molecule has 1 N–H and O–H groups in total. The Bertz CT molecular complexity index is 235. The molecule has 0 aromatic heterocycles. The molecular weight excluding hydrogens is 240 g/mol. The molecule has 0 aliphatic carbocycles. The predicted molar refractivity (Wildman–Crippen MR) is 75.4 cm³/mol. The summed E-state index contributed by atoms with van der Waals surface area (Å²) in [6.45, 7) is 8.22. The second-order valence-electron chi connectivity index (χ2n) is 5.50. The Kier molecular flexibility index (Phi) is 6.26. The van der Waals surface area contributed by atoms with Crippen molar-refractivity contribution in [3.63, 3.8) is 0 Å². The smallest absolute Gasteiger partial charge is 0.330 e. The maximum Gasteiger partial charge on any atom is 0.330 e. The van der Waals surface area contributed by atoms with E-state index in [4.69, 9.17) is 5.11 Å². The van der Waals surface area contributed by atoms with E-state index in [-0.39, 0.29) is 0 Å². The van der Waals surface area contributed by atoms with Crippen LogP contribution in [0.5, 0.6) is 0 Å². The molecule has 0 saturated carbocycles. The van der Waals surface area contributed by atoms with Gasteiger partial charge in [-0.05, 0) is 17.8 Å². The Morgan fingerprint density at radius 2 is 1.75 bits per heavy atom. The number of rotatable bonds is 7. The third-order valence-corrected chi connectivity index (χ3v) is 4.67. The third kappa shape index (κ3) is 4.58. The van der Waals surface area contributed by atoms with Gasteiger partial charge in [-0.15, -0.1) is 25.3 Å². The van der Waals surface area contributed by atoms with Gasteiger partial charge in [0.25, 0.3) is 0 Å².